The molecule has 23 heavy (non-hydrogen) atoms. The number of halogens is 1. The van der Waals surface area contributed by atoms with E-state index < -0.39 is 0 Å². The minimum absolute atomic E-state index is 0.0284. The van der Waals surface area contributed by atoms with Crippen molar-refractivity contribution in [2.24, 2.45) is 0 Å². The molecule has 0 saturated heterocycles. The number of amides is 2. The van der Waals surface area contributed by atoms with Gasteiger partial charge in [0, 0.05) is 11.4 Å². The summed E-state index contributed by atoms with van der Waals surface area (Å²) in [4.78, 5) is 15.5. The molecule has 2 amide bonds. The Labute approximate surface area is 147 Å². The number of rotatable bonds is 7. The summed E-state index contributed by atoms with van der Waals surface area (Å²) in [5.74, 6) is 0. The molecule has 0 aliphatic rings. The normalized spacial score (nSPS) is 12.0. The smallest absolute Gasteiger partial charge is 0.318 e. The summed E-state index contributed by atoms with van der Waals surface area (Å²) < 4.78 is 0.754. The second-order valence-corrected chi connectivity index (χ2v) is 7.22. The SMILES string of the molecule is CCCC(NC(=O)N(CC)Cc1ccc(Cl)s1)c1ccccc1. The molecule has 1 heterocycles. The number of hydrogen-bond donors (Lipinski definition) is 1. The fourth-order valence-corrected chi connectivity index (χ4v) is 3.59. The van der Waals surface area contributed by atoms with Crippen LogP contribution in [-0.2, 0) is 6.54 Å². The van der Waals surface area contributed by atoms with Crippen molar-refractivity contribution in [2.45, 2.75) is 39.3 Å². The molecular formula is C18H23ClN2OS. The van der Waals surface area contributed by atoms with Crippen LogP contribution in [0.5, 0.6) is 0 Å². The second-order valence-electron chi connectivity index (χ2n) is 5.42. The van der Waals surface area contributed by atoms with E-state index in [2.05, 4.69) is 24.4 Å². The van der Waals surface area contributed by atoms with Crippen LogP contribution in [0.3, 0.4) is 0 Å². The Morgan fingerprint density at radius 3 is 2.52 bits per heavy atom. The van der Waals surface area contributed by atoms with E-state index in [1.807, 2.05) is 42.2 Å². The van der Waals surface area contributed by atoms with E-state index in [0.29, 0.717) is 13.1 Å². The fourth-order valence-electron chi connectivity index (χ4n) is 2.49. The van der Waals surface area contributed by atoms with Crippen LogP contribution in [0.25, 0.3) is 0 Å². The highest BCUT2D eigenvalue weighted by atomic mass is 35.5. The number of carbonyl (C=O) groups excluding carboxylic acids is 1. The molecule has 1 N–H and O–H groups in total. The molecule has 0 saturated carbocycles. The van der Waals surface area contributed by atoms with Crippen molar-refractivity contribution in [3.05, 3.63) is 57.2 Å². The van der Waals surface area contributed by atoms with E-state index in [1.165, 1.54) is 11.3 Å². The predicted octanol–water partition coefficient (Wildman–Crippen LogP) is 5.47. The van der Waals surface area contributed by atoms with Gasteiger partial charge < -0.3 is 10.2 Å². The van der Waals surface area contributed by atoms with Gasteiger partial charge in [0.05, 0.1) is 16.9 Å². The standard InChI is InChI=1S/C18H23ClN2OS/c1-3-8-16(14-9-6-5-7-10-14)20-18(22)21(4-2)13-15-11-12-17(19)23-15/h5-7,9-12,16H,3-4,8,13H2,1-2H3,(H,20,22). The first-order valence-corrected chi connectivity index (χ1v) is 9.18. The van der Waals surface area contributed by atoms with Crippen LogP contribution in [0, 0.1) is 0 Å². The highest BCUT2D eigenvalue weighted by Crippen LogP contribution is 2.23. The number of benzene rings is 1. The zero-order valence-corrected chi connectivity index (χ0v) is 15.2. The van der Waals surface area contributed by atoms with Crippen molar-refractivity contribution in [3.63, 3.8) is 0 Å². The molecule has 0 spiro atoms. The van der Waals surface area contributed by atoms with Crippen molar-refractivity contribution in [3.8, 4) is 0 Å². The summed E-state index contributed by atoms with van der Waals surface area (Å²) in [6, 6.07) is 14.0. The first kappa shape index (κ1) is 17.8. The van der Waals surface area contributed by atoms with Gasteiger partial charge in [-0.2, -0.15) is 0 Å². The quantitative estimate of drug-likeness (QED) is 0.705. The zero-order valence-electron chi connectivity index (χ0n) is 13.6. The topological polar surface area (TPSA) is 32.3 Å². The van der Waals surface area contributed by atoms with E-state index in [0.717, 1.165) is 27.6 Å². The van der Waals surface area contributed by atoms with Crippen molar-refractivity contribution >= 4 is 29.0 Å². The van der Waals surface area contributed by atoms with Gasteiger partial charge in [-0.25, -0.2) is 4.79 Å². The third kappa shape index (κ3) is 5.26. The summed E-state index contributed by atoms with van der Waals surface area (Å²) in [5, 5.41) is 3.17. The Balaban J connectivity index is 2.04. The molecule has 0 fully saturated rings. The molecule has 5 heteroatoms. The number of hydrogen-bond acceptors (Lipinski definition) is 2. The molecular weight excluding hydrogens is 328 g/mol. The Kier molecular flexibility index (Phi) is 6.93. The lowest BCUT2D eigenvalue weighted by Crippen LogP contribution is -2.41. The van der Waals surface area contributed by atoms with Crippen LogP contribution >= 0.6 is 22.9 Å². The molecule has 0 radical (unpaired) electrons. The molecule has 1 unspecified atom stereocenters. The van der Waals surface area contributed by atoms with E-state index in [9.17, 15) is 4.79 Å². The molecule has 1 aromatic heterocycles. The van der Waals surface area contributed by atoms with Gasteiger partial charge in [0.15, 0.2) is 0 Å². The Morgan fingerprint density at radius 2 is 1.96 bits per heavy atom. The molecule has 0 bridgehead atoms. The highest BCUT2D eigenvalue weighted by Gasteiger charge is 2.18. The predicted molar refractivity (Wildman–Crippen MR) is 98.0 cm³/mol. The van der Waals surface area contributed by atoms with Gasteiger partial charge in [-0.3, -0.25) is 0 Å². The summed E-state index contributed by atoms with van der Waals surface area (Å²) >= 11 is 7.49. The van der Waals surface area contributed by atoms with Crippen LogP contribution in [-0.4, -0.2) is 17.5 Å². The summed E-state index contributed by atoms with van der Waals surface area (Å²) in [7, 11) is 0. The van der Waals surface area contributed by atoms with Gasteiger partial charge in [0.1, 0.15) is 0 Å². The molecule has 3 nitrogen and oxygen atoms in total. The lowest BCUT2D eigenvalue weighted by molar-refractivity contribution is 0.193. The van der Waals surface area contributed by atoms with Gasteiger partial charge in [-0.15, -0.1) is 11.3 Å². The van der Waals surface area contributed by atoms with Crippen molar-refractivity contribution in [2.75, 3.05) is 6.54 Å². The van der Waals surface area contributed by atoms with Crippen LogP contribution in [0.15, 0.2) is 42.5 Å². The second kappa shape index (κ2) is 8.94. The minimum Gasteiger partial charge on any atom is -0.331 e. The van der Waals surface area contributed by atoms with Gasteiger partial charge in [-0.1, -0.05) is 55.3 Å². The van der Waals surface area contributed by atoms with E-state index >= 15 is 0 Å². The molecule has 0 aliphatic carbocycles. The van der Waals surface area contributed by atoms with Crippen LogP contribution in [0.1, 0.15) is 43.2 Å². The van der Waals surface area contributed by atoms with Gasteiger partial charge in [-0.05, 0) is 31.0 Å². The van der Waals surface area contributed by atoms with Crippen molar-refractivity contribution in [1.82, 2.24) is 10.2 Å². The molecule has 1 aromatic carbocycles. The maximum atomic E-state index is 12.6. The van der Waals surface area contributed by atoms with Crippen molar-refractivity contribution < 1.29 is 4.79 Å². The van der Waals surface area contributed by atoms with E-state index in [-0.39, 0.29) is 12.1 Å². The first-order valence-electron chi connectivity index (χ1n) is 7.98. The molecule has 124 valence electrons. The minimum atomic E-state index is -0.0284. The number of nitrogens with zero attached hydrogens (tertiary/aromatic N) is 1. The highest BCUT2D eigenvalue weighted by molar-refractivity contribution is 7.16. The lowest BCUT2D eigenvalue weighted by atomic mass is 10.0. The summed E-state index contributed by atoms with van der Waals surface area (Å²) in [6.45, 7) is 5.38. The van der Waals surface area contributed by atoms with Crippen molar-refractivity contribution in [1.29, 1.82) is 0 Å². The number of thiophene rings is 1. The average molecular weight is 351 g/mol. The maximum absolute atomic E-state index is 12.6. The van der Waals surface area contributed by atoms with E-state index in [4.69, 9.17) is 11.6 Å². The van der Waals surface area contributed by atoms with E-state index in [1.54, 1.807) is 0 Å². The largest absolute Gasteiger partial charge is 0.331 e. The monoisotopic (exact) mass is 350 g/mol. The van der Waals surface area contributed by atoms with Crippen LogP contribution < -0.4 is 5.32 Å². The Morgan fingerprint density at radius 1 is 1.22 bits per heavy atom. The first-order chi connectivity index (χ1) is 11.1. The number of nitrogens with one attached hydrogen (secondary N) is 1. The number of carbonyl (C=O) groups is 1. The van der Waals surface area contributed by atoms with Gasteiger partial charge in [0.25, 0.3) is 0 Å². The van der Waals surface area contributed by atoms with Gasteiger partial charge >= 0.3 is 6.03 Å². The summed E-state index contributed by atoms with van der Waals surface area (Å²) in [5.41, 5.74) is 1.15. The molecule has 2 rings (SSSR count). The zero-order chi connectivity index (χ0) is 16.7. The Hall–Kier alpha value is -1.52. The Bertz CT molecular complexity index is 614. The third-order valence-corrected chi connectivity index (χ3v) is 4.94. The molecule has 0 aliphatic heterocycles. The number of urea groups is 1. The molecule has 2 aromatic rings. The average Bonchev–Trinajstić information content (AvgIpc) is 2.98. The lowest BCUT2D eigenvalue weighted by Gasteiger charge is -2.25. The maximum Gasteiger partial charge on any atom is 0.318 e. The fraction of sp³-hybridized carbons (Fsp3) is 0.389. The van der Waals surface area contributed by atoms with Crippen LogP contribution in [0.2, 0.25) is 4.34 Å². The molecule has 1 atom stereocenters. The van der Waals surface area contributed by atoms with Crippen LogP contribution in [0.4, 0.5) is 4.79 Å². The summed E-state index contributed by atoms with van der Waals surface area (Å²) in [6.07, 6.45) is 1.95. The van der Waals surface area contributed by atoms with Gasteiger partial charge in [0.2, 0.25) is 0 Å². The third-order valence-electron chi connectivity index (χ3n) is 3.72.